The Balaban J connectivity index is 1.66. The van der Waals surface area contributed by atoms with Crippen molar-refractivity contribution in [1.29, 1.82) is 0 Å². The van der Waals surface area contributed by atoms with Crippen LogP contribution in [0, 0.1) is 6.92 Å². The predicted octanol–water partition coefficient (Wildman–Crippen LogP) is 4.57. The average Bonchev–Trinajstić information content (AvgIpc) is 2.73. The van der Waals surface area contributed by atoms with Gasteiger partial charge in [0.25, 0.3) is 0 Å². The van der Waals surface area contributed by atoms with E-state index in [4.69, 9.17) is 14.6 Å². The van der Waals surface area contributed by atoms with E-state index in [1.54, 1.807) is 19.2 Å². The van der Waals surface area contributed by atoms with Crippen LogP contribution in [0.25, 0.3) is 0 Å². The molecule has 0 amide bonds. The third-order valence-electron chi connectivity index (χ3n) is 4.59. The van der Waals surface area contributed by atoms with E-state index in [0.29, 0.717) is 25.4 Å². The van der Waals surface area contributed by atoms with Gasteiger partial charge in [0.2, 0.25) is 0 Å². The monoisotopic (exact) mass is 391 g/mol. The Morgan fingerprint density at radius 3 is 2.41 bits per heavy atom. The van der Waals surface area contributed by atoms with Gasteiger partial charge in [-0.2, -0.15) is 0 Å². The van der Waals surface area contributed by atoms with Gasteiger partial charge in [-0.05, 0) is 36.2 Å². The minimum absolute atomic E-state index is 0.286. The molecule has 0 aliphatic rings. The normalized spacial score (nSPS) is 10.6. The third-order valence-corrected chi connectivity index (χ3v) is 4.59. The molecule has 0 heterocycles. The molecule has 0 aromatic heterocycles. The highest BCUT2D eigenvalue weighted by atomic mass is 16.5. The molecule has 3 aromatic rings. The standard InChI is InChI=1S/C24H25NO4/c1-17-5-3-6-19(13-17)16-29-23-21(7-4-8-22(23)28-2)15-25-14-18-9-11-20(12-10-18)24(26)27/h3-13,25H,14-16H2,1-2H3,(H,26,27). The van der Waals surface area contributed by atoms with Crippen molar-refractivity contribution in [2.24, 2.45) is 0 Å². The summed E-state index contributed by atoms with van der Waals surface area (Å²) in [5.74, 6) is 0.504. The van der Waals surface area contributed by atoms with Gasteiger partial charge in [0, 0.05) is 18.7 Å². The molecule has 0 spiro atoms. The first-order valence-electron chi connectivity index (χ1n) is 9.44. The van der Waals surface area contributed by atoms with Gasteiger partial charge in [0.05, 0.1) is 12.7 Å². The van der Waals surface area contributed by atoms with Crippen molar-refractivity contribution in [3.8, 4) is 11.5 Å². The maximum Gasteiger partial charge on any atom is 0.335 e. The molecule has 0 unspecified atom stereocenters. The Hall–Kier alpha value is -3.31. The van der Waals surface area contributed by atoms with Crippen LogP contribution in [0.2, 0.25) is 0 Å². The molecular weight excluding hydrogens is 366 g/mol. The molecule has 0 radical (unpaired) electrons. The molecule has 0 saturated carbocycles. The topological polar surface area (TPSA) is 67.8 Å². The zero-order valence-corrected chi connectivity index (χ0v) is 16.6. The van der Waals surface area contributed by atoms with Crippen molar-refractivity contribution < 1.29 is 19.4 Å². The molecule has 0 aliphatic heterocycles. The first kappa shape index (κ1) is 20.4. The van der Waals surface area contributed by atoms with E-state index in [-0.39, 0.29) is 5.56 Å². The Labute approximate surface area is 170 Å². The molecule has 0 bridgehead atoms. The number of carbonyl (C=O) groups is 1. The van der Waals surface area contributed by atoms with E-state index in [1.807, 2.05) is 42.5 Å². The Morgan fingerprint density at radius 2 is 1.72 bits per heavy atom. The largest absolute Gasteiger partial charge is 0.493 e. The average molecular weight is 391 g/mol. The van der Waals surface area contributed by atoms with Gasteiger partial charge >= 0.3 is 5.97 Å². The van der Waals surface area contributed by atoms with E-state index in [2.05, 4.69) is 24.4 Å². The molecule has 29 heavy (non-hydrogen) atoms. The lowest BCUT2D eigenvalue weighted by molar-refractivity contribution is 0.0697. The number of carboxylic acids is 1. The summed E-state index contributed by atoms with van der Waals surface area (Å²) in [6.07, 6.45) is 0. The van der Waals surface area contributed by atoms with Gasteiger partial charge < -0.3 is 19.9 Å². The molecule has 2 N–H and O–H groups in total. The van der Waals surface area contributed by atoms with Crippen LogP contribution in [-0.4, -0.2) is 18.2 Å². The highest BCUT2D eigenvalue weighted by Crippen LogP contribution is 2.32. The molecular formula is C24H25NO4. The Morgan fingerprint density at radius 1 is 0.966 bits per heavy atom. The van der Waals surface area contributed by atoms with Crippen LogP contribution < -0.4 is 14.8 Å². The maximum atomic E-state index is 11.0. The smallest absolute Gasteiger partial charge is 0.335 e. The van der Waals surface area contributed by atoms with Crippen LogP contribution in [0.4, 0.5) is 0 Å². The summed E-state index contributed by atoms with van der Waals surface area (Å²) in [5.41, 5.74) is 4.60. The zero-order valence-electron chi connectivity index (χ0n) is 16.6. The van der Waals surface area contributed by atoms with E-state index in [1.165, 1.54) is 5.56 Å². The molecule has 5 heteroatoms. The van der Waals surface area contributed by atoms with Crippen LogP contribution in [-0.2, 0) is 19.7 Å². The van der Waals surface area contributed by atoms with Crippen molar-refractivity contribution >= 4 is 5.97 Å². The highest BCUT2D eigenvalue weighted by molar-refractivity contribution is 5.87. The second-order valence-corrected chi connectivity index (χ2v) is 6.83. The van der Waals surface area contributed by atoms with Gasteiger partial charge in [-0.3, -0.25) is 0 Å². The molecule has 5 nitrogen and oxygen atoms in total. The number of methoxy groups -OCH3 is 1. The third kappa shape index (κ3) is 5.59. The van der Waals surface area contributed by atoms with Crippen LogP contribution in [0.15, 0.2) is 66.7 Å². The summed E-state index contributed by atoms with van der Waals surface area (Å²) in [7, 11) is 1.63. The fourth-order valence-electron chi connectivity index (χ4n) is 3.09. The van der Waals surface area contributed by atoms with Crippen molar-refractivity contribution in [3.05, 3.63) is 94.5 Å². The zero-order chi connectivity index (χ0) is 20.6. The van der Waals surface area contributed by atoms with Crippen LogP contribution in [0.5, 0.6) is 11.5 Å². The minimum atomic E-state index is -0.920. The molecule has 3 aromatic carbocycles. The Kier molecular flexibility index (Phi) is 6.87. The number of ether oxygens (including phenoxy) is 2. The molecule has 0 saturated heterocycles. The number of carboxylic acid groups (broad SMARTS) is 1. The van der Waals surface area contributed by atoms with Crippen LogP contribution in [0.1, 0.15) is 32.6 Å². The quantitative estimate of drug-likeness (QED) is 0.559. The van der Waals surface area contributed by atoms with Crippen LogP contribution in [0.3, 0.4) is 0 Å². The van der Waals surface area contributed by atoms with Gasteiger partial charge in [-0.15, -0.1) is 0 Å². The molecule has 0 fully saturated rings. The molecule has 150 valence electrons. The summed E-state index contributed by atoms with van der Waals surface area (Å²) < 4.78 is 11.6. The van der Waals surface area contributed by atoms with Gasteiger partial charge in [0.1, 0.15) is 6.61 Å². The van der Waals surface area contributed by atoms with E-state index < -0.39 is 5.97 Å². The number of nitrogens with one attached hydrogen (secondary N) is 1. The van der Waals surface area contributed by atoms with Crippen molar-refractivity contribution in [3.63, 3.8) is 0 Å². The number of hydrogen-bond acceptors (Lipinski definition) is 4. The summed E-state index contributed by atoms with van der Waals surface area (Å²) in [6, 6.07) is 20.9. The second kappa shape index (κ2) is 9.75. The summed E-state index contributed by atoms with van der Waals surface area (Å²) in [5, 5.41) is 12.4. The van der Waals surface area contributed by atoms with E-state index in [9.17, 15) is 4.79 Å². The van der Waals surface area contributed by atoms with Crippen molar-refractivity contribution in [1.82, 2.24) is 5.32 Å². The van der Waals surface area contributed by atoms with E-state index >= 15 is 0 Å². The fraction of sp³-hybridized carbons (Fsp3) is 0.208. The lowest BCUT2D eigenvalue weighted by atomic mass is 10.1. The van der Waals surface area contributed by atoms with Crippen molar-refractivity contribution in [2.75, 3.05) is 7.11 Å². The minimum Gasteiger partial charge on any atom is -0.493 e. The number of benzene rings is 3. The maximum absolute atomic E-state index is 11.0. The highest BCUT2D eigenvalue weighted by Gasteiger charge is 2.11. The second-order valence-electron chi connectivity index (χ2n) is 6.83. The fourth-order valence-corrected chi connectivity index (χ4v) is 3.09. The van der Waals surface area contributed by atoms with E-state index in [0.717, 1.165) is 22.4 Å². The number of rotatable bonds is 9. The molecule has 0 aliphatic carbocycles. The lowest BCUT2D eigenvalue weighted by Gasteiger charge is -2.16. The lowest BCUT2D eigenvalue weighted by Crippen LogP contribution is -2.14. The SMILES string of the molecule is COc1cccc(CNCc2ccc(C(=O)O)cc2)c1OCc1cccc(C)c1. The number of aryl methyl sites for hydroxylation is 1. The van der Waals surface area contributed by atoms with Crippen molar-refractivity contribution in [2.45, 2.75) is 26.6 Å². The number of aromatic carboxylic acids is 1. The summed E-state index contributed by atoms with van der Waals surface area (Å²) in [4.78, 5) is 11.0. The van der Waals surface area contributed by atoms with Gasteiger partial charge in [-0.25, -0.2) is 4.79 Å². The first-order chi connectivity index (χ1) is 14.1. The molecule has 3 rings (SSSR count). The Bertz CT molecular complexity index is 967. The van der Waals surface area contributed by atoms with Crippen LogP contribution >= 0.6 is 0 Å². The van der Waals surface area contributed by atoms with Gasteiger partial charge in [-0.1, -0.05) is 54.1 Å². The number of para-hydroxylation sites is 1. The predicted molar refractivity (Wildman–Crippen MR) is 112 cm³/mol. The number of hydrogen-bond donors (Lipinski definition) is 2. The molecule has 0 atom stereocenters. The van der Waals surface area contributed by atoms with Gasteiger partial charge in [0.15, 0.2) is 11.5 Å². The summed E-state index contributed by atoms with van der Waals surface area (Å²) >= 11 is 0. The summed E-state index contributed by atoms with van der Waals surface area (Å²) in [6.45, 7) is 3.74. The first-order valence-corrected chi connectivity index (χ1v) is 9.44.